The van der Waals surface area contributed by atoms with Gasteiger partial charge in [-0.3, -0.25) is 4.79 Å². The van der Waals surface area contributed by atoms with Gasteiger partial charge in [-0.1, -0.05) is 56.5 Å². The van der Waals surface area contributed by atoms with E-state index in [9.17, 15) is 27.9 Å². The van der Waals surface area contributed by atoms with Crippen LogP contribution in [0, 0.1) is 0 Å². The number of nitrogens with zero attached hydrogens (tertiary/aromatic N) is 3. The molecule has 1 heterocycles. The Bertz CT molecular complexity index is 1360. The van der Waals surface area contributed by atoms with Gasteiger partial charge in [0.1, 0.15) is 5.54 Å². The lowest BCUT2D eigenvalue weighted by molar-refractivity contribution is -0.192. The molecule has 0 unspecified atom stereocenters. The van der Waals surface area contributed by atoms with Gasteiger partial charge in [-0.15, -0.1) is 0 Å². The first-order valence-electron chi connectivity index (χ1n) is 12.0. The van der Waals surface area contributed by atoms with Gasteiger partial charge in [-0.05, 0) is 48.6 Å². The number of halogens is 4. The summed E-state index contributed by atoms with van der Waals surface area (Å²) >= 11 is 6.22. The second-order valence-electron chi connectivity index (χ2n) is 9.34. The van der Waals surface area contributed by atoms with Crippen molar-refractivity contribution in [2.24, 2.45) is 5.73 Å². The summed E-state index contributed by atoms with van der Waals surface area (Å²) in [5.74, 6) is 0.226. The van der Waals surface area contributed by atoms with Crippen LogP contribution in [0.2, 0.25) is 5.02 Å². The zero-order valence-electron chi connectivity index (χ0n) is 21.1. The Hall–Kier alpha value is -3.93. The lowest BCUT2D eigenvalue weighted by Crippen LogP contribution is -2.56. The van der Waals surface area contributed by atoms with Gasteiger partial charge in [-0.25, -0.2) is 9.78 Å². The number of carbonyl (C=O) groups is 2. The van der Waals surface area contributed by atoms with Crippen molar-refractivity contribution in [3.05, 3.63) is 58.6 Å². The van der Waals surface area contributed by atoms with E-state index in [-0.39, 0.29) is 24.2 Å². The maximum atomic E-state index is 12.5. The van der Waals surface area contributed by atoms with E-state index in [1.807, 2.05) is 24.3 Å². The summed E-state index contributed by atoms with van der Waals surface area (Å²) in [4.78, 5) is 34.0. The fourth-order valence-corrected chi connectivity index (χ4v) is 4.37. The Morgan fingerprint density at radius 1 is 1.05 bits per heavy atom. The maximum Gasteiger partial charge on any atom is 0.411 e. The van der Waals surface area contributed by atoms with Crippen LogP contribution in [0.4, 0.5) is 18.0 Å². The summed E-state index contributed by atoms with van der Waals surface area (Å²) in [6.07, 6.45) is -5.56. The number of hydrogen-bond donors (Lipinski definition) is 4. The predicted octanol–water partition coefficient (Wildman–Crippen LogP) is 5.92. The quantitative estimate of drug-likeness (QED) is 0.300. The van der Waals surface area contributed by atoms with Gasteiger partial charge in [0.05, 0.1) is 5.02 Å². The van der Waals surface area contributed by atoms with Gasteiger partial charge in [0.15, 0.2) is 11.6 Å². The van der Waals surface area contributed by atoms with Crippen LogP contribution in [0.15, 0.2) is 42.5 Å². The molecule has 5 N–H and O–H groups in total. The first-order chi connectivity index (χ1) is 18.2. The first-order valence-corrected chi connectivity index (χ1v) is 12.3. The summed E-state index contributed by atoms with van der Waals surface area (Å²) in [7, 11) is 0. The number of carbonyl (C=O) groups excluding carboxylic acids is 1. The molecule has 3 aromatic rings. The SMILES string of the molecule is CC(C)c1cccc(-c2nc(O)nc(-c3cc(C(N)=O)ccc3Cl)n2)c1.O=C(O)NC1(C(F)(F)F)CCCC1. The molecule has 0 spiro atoms. The lowest BCUT2D eigenvalue weighted by Gasteiger charge is -2.31. The summed E-state index contributed by atoms with van der Waals surface area (Å²) < 4.78 is 37.4. The maximum absolute atomic E-state index is 12.5. The van der Waals surface area contributed by atoms with Crippen LogP contribution in [-0.4, -0.2) is 48.9 Å². The number of aromatic hydroxyl groups is 1. The van der Waals surface area contributed by atoms with Crippen molar-refractivity contribution < 1.29 is 33.0 Å². The van der Waals surface area contributed by atoms with E-state index in [0.717, 1.165) is 11.1 Å². The van der Waals surface area contributed by atoms with Crippen molar-refractivity contribution in [2.45, 2.75) is 57.2 Å². The van der Waals surface area contributed by atoms with E-state index in [2.05, 4.69) is 28.8 Å². The molecule has 1 aliphatic rings. The smallest absolute Gasteiger partial charge is 0.411 e. The number of benzene rings is 2. The molecule has 13 heteroatoms. The second kappa shape index (κ2) is 11.9. The number of nitrogens with two attached hydrogens (primary N) is 1. The fraction of sp³-hybridized carbons (Fsp3) is 0.346. The molecule has 0 atom stereocenters. The van der Waals surface area contributed by atoms with E-state index in [4.69, 9.17) is 22.4 Å². The third kappa shape index (κ3) is 7.14. The Morgan fingerprint density at radius 3 is 2.26 bits per heavy atom. The number of alkyl halides is 3. The van der Waals surface area contributed by atoms with E-state index in [1.54, 1.807) is 5.32 Å². The topological polar surface area (TPSA) is 151 Å². The van der Waals surface area contributed by atoms with Crippen LogP contribution in [0.25, 0.3) is 22.8 Å². The molecule has 0 bridgehead atoms. The highest BCUT2D eigenvalue weighted by Crippen LogP contribution is 2.42. The molecular formula is C26H27ClF3N5O4. The Kier molecular flexibility index (Phi) is 9.00. The molecule has 0 radical (unpaired) electrons. The van der Waals surface area contributed by atoms with E-state index < -0.39 is 29.7 Å². The summed E-state index contributed by atoms with van der Waals surface area (Å²) in [5.41, 5.74) is 5.66. The summed E-state index contributed by atoms with van der Waals surface area (Å²) in [5, 5.41) is 20.2. The van der Waals surface area contributed by atoms with Gasteiger partial charge < -0.3 is 21.3 Å². The molecule has 1 fully saturated rings. The van der Waals surface area contributed by atoms with Crippen molar-refractivity contribution in [3.8, 4) is 28.8 Å². The first kappa shape index (κ1) is 29.6. The standard InChI is InChI=1S/C19H17ClN4O2.C7H10F3NO2/c1-10(2)11-4-3-5-13(8-11)17-22-18(24-19(26)23-17)14-9-12(16(21)25)6-7-15(14)20;8-7(9,10)6(11-5(12)13)3-1-2-4-6/h3-10H,1-2H3,(H2,21,25)(H,22,23,24,26);11H,1-4H2,(H,12,13). The van der Waals surface area contributed by atoms with Crippen LogP contribution in [0.1, 0.15) is 61.4 Å². The van der Waals surface area contributed by atoms with Crippen molar-refractivity contribution in [1.82, 2.24) is 20.3 Å². The zero-order valence-corrected chi connectivity index (χ0v) is 21.8. The molecular weight excluding hydrogens is 539 g/mol. The van der Waals surface area contributed by atoms with E-state index in [0.29, 0.717) is 35.2 Å². The molecule has 2 amide bonds. The van der Waals surface area contributed by atoms with Crippen LogP contribution in [0.5, 0.6) is 6.01 Å². The lowest BCUT2D eigenvalue weighted by atomic mass is 9.97. The third-order valence-corrected chi connectivity index (χ3v) is 6.60. The van der Waals surface area contributed by atoms with E-state index in [1.165, 1.54) is 18.2 Å². The normalized spacial score (nSPS) is 14.4. The van der Waals surface area contributed by atoms with Crippen LogP contribution < -0.4 is 11.1 Å². The molecule has 1 aromatic heterocycles. The minimum absolute atomic E-state index is 0.150. The van der Waals surface area contributed by atoms with Crippen molar-refractivity contribution in [1.29, 1.82) is 0 Å². The second-order valence-corrected chi connectivity index (χ2v) is 9.75. The Balaban J connectivity index is 0.000000272. The van der Waals surface area contributed by atoms with Crippen molar-refractivity contribution in [2.75, 3.05) is 0 Å². The highest BCUT2D eigenvalue weighted by atomic mass is 35.5. The molecule has 0 aliphatic heterocycles. The van der Waals surface area contributed by atoms with Crippen LogP contribution in [-0.2, 0) is 0 Å². The number of carboxylic acid groups (broad SMARTS) is 1. The van der Waals surface area contributed by atoms with Crippen LogP contribution in [0.3, 0.4) is 0 Å². The molecule has 0 saturated heterocycles. The Morgan fingerprint density at radius 2 is 1.69 bits per heavy atom. The average Bonchev–Trinajstić information content (AvgIpc) is 3.33. The average molecular weight is 566 g/mol. The zero-order chi connectivity index (χ0) is 29.0. The minimum Gasteiger partial charge on any atom is -0.479 e. The van der Waals surface area contributed by atoms with Gasteiger partial charge in [0, 0.05) is 16.7 Å². The van der Waals surface area contributed by atoms with Gasteiger partial charge in [0.2, 0.25) is 5.91 Å². The number of primary amides is 1. The van der Waals surface area contributed by atoms with Crippen molar-refractivity contribution in [3.63, 3.8) is 0 Å². The predicted molar refractivity (Wildman–Crippen MR) is 138 cm³/mol. The third-order valence-electron chi connectivity index (χ3n) is 6.27. The molecule has 1 saturated carbocycles. The number of rotatable bonds is 5. The molecule has 39 heavy (non-hydrogen) atoms. The fourth-order valence-electron chi connectivity index (χ4n) is 4.16. The molecule has 208 valence electrons. The highest BCUT2D eigenvalue weighted by molar-refractivity contribution is 6.33. The Labute approximate surface area is 227 Å². The van der Waals surface area contributed by atoms with E-state index >= 15 is 0 Å². The van der Waals surface area contributed by atoms with Crippen LogP contribution >= 0.6 is 11.6 Å². The molecule has 4 rings (SSSR count). The van der Waals surface area contributed by atoms with Gasteiger partial charge in [-0.2, -0.15) is 23.1 Å². The number of aromatic nitrogens is 3. The summed E-state index contributed by atoms with van der Waals surface area (Å²) in [6, 6.07) is 11.9. The highest BCUT2D eigenvalue weighted by Gasteiger charge is 2.56. The minimum atomic E-state index is -4.48. The summed E-state index contributed by atoms with van der Waals surface area (Å²) in [6.45, 7) is 4.18. The van der Waals surface area contributed by atoms with Gasteiger partial charge in [0.25, 0.3) is 0 Å². The number of hydrogen-bond acceptors (Lipinski definition) is 6. The number of nitrogens with one attached hydrogen (secondary N) is 1. The number of amides is 2. The molecule has 2 aromatic carbocycles. The van der Waals surface area contributed by atoms with Crippen molar-refractivity contribution >= 4 is 23.6 Å². The monoisotopic (exact) mass is 565 g/mol. The molecule has 9 nitrogen and oxygen atoms in total. The van der Waals surface area contributed by atoms with Gasteiger partial charge >= 0.3 is 18.3 Å². The molecule has 1 aliphatic carbocycles. The largest absolute Gasteiger partial charge is 0.479 e.